The highest BCUT2D eigenvalue weighted by Gasteiger charge is 2.38. The van der Waals surface area contributed by atoms with Gasteiger partial charge < -0.3 is 15.7 Å². The van der Waals surface area contributed by atoms with Crippen molar-refractivity contribution in [1.82, 2.24) is 4.31 Å². The largest absolute Gasteiger partial charge is 0.505 e. The van der Waals surface area contributed by atoms with Crippen molar-refractivity contribution in [2.24, 2.45) is 0 Å². The maximum absolute atomic E-state index is 12.5. The molecule has 0 amide bonds. The molecule has 3 aromatic rings. The van der Waals surface area contributed by atoms with Gasteiger partial charge in [0.2, 0.25) is 0 Å². The van der Waals surface area contributed by atoms with Crippen LogP contribution in [0.25, 0.3) is 0 Å². The van der Waals surface area contributed by atoms with Gasteiger partial charge in [0.1, 0.15) is 11.4 Å². The summed E-state index contributed by atoms with van der Waals surface area (Å²) in [7, 11) is 3.67. The van der Waals surface area contributed by atoms with Crippen molar-refractivity contribution in [3.05, 3.63) is 73.5 Å². The molecule has 3 N–H and O–H groups in total. The number of phenols is 1. The van der Waals surface area contributed by atoms with E-state index in [9.17, 15) is 14.7 Å². The summed E-state index contributed by atoms with van der Waals surface area (Å²) in [5.41, 5.74) is 0.349. The SMILES string of the molecule is CN(C)Sc1c(Cl)ccc(Nc2c(NC3(c4ccccc4)CCCC3)c(=O)c2=O)c1O. The molecule has 0 spiro atoms. The molecule has 1 aliphatic rings. The van der Waals surface area contributed by atoms with Crippen LogP contribution in [-0.2, 0) is 5.54 Å². The molecule has 8 heteroatoms. The zero-order valence-corrected chi connectivity index (χ0v) is 18.9. The fraction of sp³-hybridized carbons (Fsp3) is 0.304. The number of phenolic OH excluding ortho intramolecular Hbond substituents is 1. The van der Waals surface area contributed by atoms with Crippen molar-refractivity contribution in [2.75, 3.05) is 24.7 Å². The minimum absolute atomic E-state index is 0.0659. The van der Waals surface area contributed by atoms with Gasteiger partial charge in [0, 0.05) is 0 Å². The lowest BCUT2D eigenvalue weighted by atomic mass is 9.87. The third kappa shape index (κ3) is 4.05. The minimum Gasteiger partial charge on any atom is -0.505 e. The number of nitrogens with zero attached hydrogens (tertiary/aromatic N) is 1. The van der Waals surface area contributed by atoms with Crippen molar-refractivity contribution in [1.29, 1.82) is 0 Å². The molecule has 0 heterocycles. The van der Waals surface area contributed by atoms with Crippen LogP contribution in [0.1, 0.15) is 31.2 Å². The van der Waals surface area contributed by atoms with E-state index in [-0.39, 0.29) is 22.7 Å². The van der Waals surface area contributed by atoms with Gasteiger partial charge in [0.05, 0.1) is 21.1 Å². The lowest BCUT2D eigenvalue weighted by Crippen LogP contribution is -2.42. The van der Waals surface area contributed by atoms with Crippen molar-refractivity contribution < 1.29 is 5.11 Å². The van der Waals surface area contributed by atoms with E-state index in [1.807, 2.05) is 44.4 Å². The zero-order valence-electron chi connectivity index (χ0n) is 17.4. The summed E-state index contributed by atoms with van der Waals surface area (Å²) >= 11 is 7.50. The quantitative estimate of drug-likeness (QED) is 0.266. The fourth-order valence-electron chi connectivity index (χ4n) is 4.14. The second-order valence-corrected chi connectivity index (χ2v) is 9.72. The van der Waals surface area contributed by atoms with Gasteiger partial charge in [-0.05, 0) is 56.6 Å². The molecular formula is C23H24ClN3O3S. The lowest BCUT2D eigenvalue weighted by Gasteiger charge is -2.33. The monoisotopic (exact) mass is 457 g/mol. The van der Waals surface area contributed by atoms with E-state index >= 15 is 0 Å². The Balaban J connectivity index is 1.67. The van der Waals surface area contributed by atoms with Crippen LogP contribution in [0.15, 0.2) is 56.9 Å². The third-order valence-electron chi connectivity index (χ3n) is 5.68. The highest BCUT2D eigenvalue weighted by Crippen LogP contribution is 2.44. The molecule has 0 unspecified atom stereocenters. The van der Waals surface area contributed by atoms with E-state index in [1.54, 1.807) is 16.4 Å². The summed E-state index contributed by atoms with van der Waals surface area (Å²) in [4.78, 5) is 25.3. The van der Waals surface area contributed by atoms with Gasteiger partial charge in [-0.3, -0.25) is 13.9 Å². The Morgan fingerprint density at radius 2 is 1.65 bits per heavy atom. The van der Waals surface area contributed by atoms with E-state index in [1.165, 1.54) is 11.9 Å². The van der Waals surface area contributed by atoms with Crippen LogP contribution >= 0.6 is 23.5 Å². The predicted molar refractivity (Wildman–Crippen MR) is 128 cm³/mol. The van der Waals surface area contributed by atoms with Gasteiger partial charge in [-0.15, -0.1) is 0 Å². The smallest absolute Gasteiger partial charge is 0.253 e. The topological polar surface area (TPSA) is 81.7 Å². The molecule has 0 atom stereocenters. The average molecular weight is 458 g/mol. The van der Waals surface area contributed by atoms with Gasteiger partial charge >= 0.3 is 0 Å². The van der Waals surface area contributed by atoms with Crippen LogP contribution in [0.4, 0.5) is 17.1 Å². The number of benzene rings is 2. The Morgan fingerprint density at radius 1 is 1.00 bits per heavy atom. The van der Waals surface area contributed by atoms with Gasteiger partial charge in [0.25, 0.3) is 10.9 Å². The van der Waals surface area contributed by atoms with E-state index in [2.05, 4.69) is 10.6 Å². The Bertz CT molecular complexity index is 1170. The molecule has 162 valence electrons. The lowest BCUT2D eigenvalue weighted by molar-refractivity contribution is 0.464. The molecule has 0 aliphatic heterocycles. The normalized spacial score (nSPS) is 15.5. The molecule has 1 fully saturated rings. The Morgan fingerprint density at radius 3 is 2.29 bits per heavy atom. The molecule has 3 aromatic carbocycles. The summed E-state index contributed by atoms with van der Waals surface area (Å²) < 4.78 is 1.80. The third-order valence-corrected chi connectivity index (χ3v) is 7.06. The molecule has 0 radical (unpaired) electrons. The molecule has 1 aliphatic carbocycles. The summed E-state index contributed by atoms with van der Waals surface area (Å²) in [5, 5.41) is 17.5. The van der Waals surface area contributed by atoms with Gasteiger partial charge in [-0.2, -0.15) is 0 Å². The van der Waals surface area contributed by atoms with Crippen LogP contribution in [0.3, 0.4) is 0 Å². The Hall–Kier alpha value is -2.48. The Labute approximate surface area is 190 Å². The van der Waals surface area contributed by atoms with Crippen molar-refractivity contribution in [3.8, 4) is 5.75 Å². The van der Waals surface area contributed by atoms with Crippen LogP contribution in [0, 0.1) is 0 Å². The number of rotatable bonds is 7. The molecule has 0 bridgehead atoms. The first kappa shape index (κ1) is 21.7. The second kappa shape index (κ2) is 8.57. The first-order chi connectivity index (χ1) is 14.8. The summed E-state index contributed by atoms with van der Waals surface area (Å²) in [6.07, 6.45) is 3.85. The van der Waals surface area contributed by atoms with Crippen LogP contribution in [0.5, 0.6) is 5.75 Å². The zero-order chi connectivity index (χ0) is 22.2. The number of anilines is 3. The van der Waals surface area contributed by atoms with E-state index < -0.39 is 10.9 Å². The number of nitrogens with one attached hydrogen (secondary N) is 2. The van der Waals surface area contributed by atoms with Crippen molar-refractivity contribution >= 4 is 40.6 Å². The Kier molecular flexibility index (Phi) is 6.01. The molecule has 6 nitrogen and oxygen atoms in total. The molecule has 0 aromatic heterocycles. The summed E-state index contributed by atoms with van der Waals surface area (Å²) in [6.45, 7) is 0. The highest BCUT2D eigenvalue weighted by molar-refractivity contribution is 7.97. The van der Waals surface area contributed by atoms with E-state index in [0.29, 0.717) is 15.6 Å². The second-order valence-electron chi connectivity index (χ2n) is 7.99. The van der Waals surface area contributed by atoms with E-state index in [0.717, 1.165) is 31.2 Å². The number of hydrogen-bond acceptors (Lipinski definition) is 7. The van der Waals surface area contributed by atoms with Crippen LogP contribution < -0.4 is 21.5 Å². The van der Waals surface area contributed by atoms with Crippen molar-refractivity contribution in [2.45, 2.75) is 36.1 Å². The predicted octanol–water partition coefficient (Wildman–Crippen LogP) is 4.84. The van der Waals surface area contributed by atoms with E-state index in [4.69, 9.17) is 11.6 Å². The van der Waals surface area contributed by atoms with Gasteiger partial charge in [-0.25, -0.2) is 0 Å². The molecule has 1 saturated carbocycles. The molecule has 31 heavy (non-hydrogen) atoms. The first-order valence-electron chi connectivity index (χ1n) is 10.1. The van der Waals surface area contributed by atoms with Gasteiger partial charge in [0.15, 0.2) is 5.75 Å². The maximum atomic E-state index is 12.5. The molecule has 4 rings (SSSR count). The number of halogens is 1. The average Bonchev–Trinajstić information content (AvgIpc) is 3.25. The van der Waals surface area contributed by atoms with Gasteiger partial charge in [-0.1, -0.05) is 54.8 Å². The standard InChI is InChI=1S/C23H24ClN3O3S/c1-27(2)31-22-15(24)10-11-16(19(22)28)25-17-18(21(30)20(17)29)26-23(12-6-7-13-23)14-8-4-3-5-9-14/h3-5,8-11,25-26,28H,6-7,12-13H2,1-2H3. The van der Waals surface area contributed by atoms with Crippen LogP contribution in [0.2, 0.25) is 5.02 Å². The van der Waals surface area contributed by atoms with Crippen LogP contribution in [-0.4, -0.2) is 23.5 Å². The first-order valence-corrected chi connectivity index (χ1v) is 11.3. The summed E-state index contributed by atoms with van der Waals surface area (Å²) in [6, 6.07) is 13.3. The summed E-state index contributed by atoms with van der Waals surface area (Å²) in [5.74, 6) is -0.0659. The van der Waals surface area contributed by atoms with Crippen molar-refractivity contribution in [3.63, 3.8) is 0 Å². The highest BCUT2D eigenvalue weighted by atomic mass is 35.5. The number of hydrogen-bond donors (Lipinski definition) is 3. The molecular weight excluding hydrogens is 434 g/mol. The minimum atomic E-state index is -0.597. The fourth-order valence-corrected chi connectivity index (χ4v) is 5.12. The molecule has 0 saturated heterocycles. The number of aromatic hydroxyl groups is 1. The maximum Gasteiger partial charge on any atom is 0.253 e.